The van der Waals surface area contributed by atoms with Crippen LogP contribution in [0.1, 0.15) is 41.9 Å². The smallest absolute Gasteiger partial charge is 0.271 e. The van der Waals surface area contributed by atoms with Crippen molar-refractivity contribution in [2.45, 2.75) is 38.6 Å². The highest BCUT2D eigenvalue weighted by Crippen LogP contribution is 2.27. The molecule has 1 fully saturated rings. The number of carbonyl (C=O) groups is 1. The van der Waals surface area contributed by atoms with Crippen molar-refractivity contribution in [1.29, 1.82) is 0 Å². The first-order valence-electron chi connectivity index (χ1n) is 7.70. The Balaban J connectivity index is 0.00000192. The molecule has 2 aromatic rings. The van der Waals surface area contributed by atoms with Crippen LogP contribution >= 0.6 is 23.7 Å². The molecule has 1 amide bonds. The number of hydrogen-bond acceptors (Lipinski definition) is 5. The van der Waals surface area contributed by atoms with E-state index >= 15 is 0 Å². The van der Waals surface area contributed by atoms with Crippen LogP contribution in [0.3, 0.4) is 0 Å². The lowest BCUT2D eigenvalue weighted by Gasteiger charge is -2.31. The first-order chi connectivity index (χ1) is 10.7. The Labute approximate surface area is 146 Å². The number of nitrogens with zero attached hydrogens (tertiary/aromatic N) is 1. The third-order valence-electron chi connectivity index (χ3n) is 4.22. The van der Waals surface area contributed by atoms with Gasteiger partial charge in [0.2, 0.25) is 0 Å². The Morgan fingerprint density at radius 3 is 2.91 bits per heavy atom. The highest BCUT2D eigenvalue weighted by Gasteiger charge is 2.26. The number of thiazole rings is 1. The number of nitrogens with two attached hydrogens (primary N) is 1. The molecule has 1 saturated carbocycles. The molecule has 3 N–H and O–H groups in total. The molecule has 0 bridgehead atoms. The molecule has 2 atom stereocenters. The van der Waals surface area contributed by atoms with E-state index < -0.39 is 0 Å². The SMILES string of the molecule is Cc1ccc(-c2nc(C(=O)NC3CCCCC3CN)cs2)o1.Cl. The molecule has 1 aliphatic rings. The minimum Gasteiger partial charge on any atom is -0.459 e. The van der Waals surface area contributed by atoms with Crippen LogP contribution in [0, 0.1) is 12.8 Å². The Morgan fingerprint density at radius 1 is 1.43 bits per heavy atom. The van der Waals surface area contributed by atoms with E-state index in [0.717, 1.165) is 30.0 Å². The summed E-state index contributed by atoms with van der Waals surface area (Å²) in [7, 11) is 0. The van der Waals surface area contributed by atoms with E-state index in [2.05, 4.69) is 10.3 Å². The zero-order chi connectivity index (χ0) is 15.5. The summed E-state index contributed by atoms with van der Waals surface area (Å²) in [5, 5.41) is 5.61. The molecule has 2 aromatic heterocycles. The van der Waals surface area contributed by atoms with E-state index in [0.29, 0.717) is 23.9 Å². The maximum Gasteiger partial charge on any atom is 0.271 e. The Kier molecular flexibility index (Phi) is 6.21. The van der Waals surface area contributed by atoms with Crippen molar-refractivity contribution in [2.24, 2.45) is 11.7 Å². The average Bonchev–Trinajstić information content (AvgIpc) is 3.16. The summed E-state index contributed by atoms with van der Waals surface area (Å²) in [5.74, 6) is 1.81. The van der Waals surface area contributed by atoms with Gasteiger partial charge in [-0.2, -0.15) is 0 Å². The highest BCUT2D eigenvalue weighted by atomic mass is 35.5. The molecule has 0 saturated heterocycles. The summed E-state index contributed by atoms with van der Waals surface area (Å²) in [6, 6.07) is 3.94. The Bertz CT molecular complexity index is 655. The summed E-state index contributed by atoms with van der Waals surface area (Å²) >= 11 is 1.42. The molecule has 5 nitrogen and oxygen atoms in total. The zero-order valence-corrected chi connectivity index (χ0v) is 14.7. The molecule has 7 heteroatoms. The summed E-state index contributed by atoms with van der Waals surface area (Å²) in [6.07, 6.45) is 4.44. The molecule has 0 aromatic carbocycles. The molecule has 0 spiro atoms. The van der Waals surface area contributed by atoms with Gasteiger partial charge in [-0.15, -0.1) is 23.7 Å². The molecule has 23 heavy (non-hydrogen) atoms. The molecule has 1 aliphatic carbocycles. The van der Waals surface area contributed by atoms with Crippen molar-refractivity contribution in [3.8, 4) is 10.8 Å². The number of amides is 1. The van der Waals surface area contributed by atoms with E-state index in [1.807, 2.05) is 19.1 Å². The average molecular weight is 356 g/mol. The number of hydrogen-bond donors (Lipinski definition) is 2. The molecule has 0 aliphatic heterocycles. The van der Waals surface area contributed by atoms with Gasteiger partial charge in [0.25, 0.3) is 5.91 Å². The van der Waals surface area contributed by atoms with Crippen LogP contribution in [0.25, 0.3) is 10.8 Å². The third-order valence-corrected chi connectivity index (χ3v) is 5.07. The monoisotopic (exact) mass is 355 g/mol. The number of nitrogens with one attached hydrogen (secondary N) is 1. The van der Waals surface area contributed by atoms with Crippen molar-refractivity contribution in [3.05, 3.63) is 29.0 Å². The van der Waals surface area contributed by atoms with Crippen molar-refractivity contribution >= 4 is 29.7 Å². The number of halogens is 1. The van der Waals surface area contributed by atoms with E-state index in [-0.39, 0.29) is 24.4 Å². The van der Waals surface area contributed by atoms with Gasteiger partial charge in [0.1, 0.15) is 11.5 Å². The van der Waals surface area contributed by atoms with Gasteiger partial charge in [-0.1, -0.05) is 12.8 Å². The minimum atomic E-state index is -0.115. The summed E-state index contributed by atoms with van der Waals surface area (Å²) in [5.41, 5.74) is 6.27. The van der Waals surface area contributed by atoms with Crippen LogP contribution in [0.15, 0.2) is 21.9 Å². The summed E-state index contributed by atoms with van der Waals surface area (Å²) in [4.78, 5) is 16.8. The maximum atomic E-state index is 12.4. The lowest BCUT2D eigenvalue weighted by molar-refractivity contribution is 0.0904. The van der Waals surface area contributed by atoms with Crippen molar-refractivity contribution in [3.63, 3.8) is 0 Å². The van der Waals surface area contributed by atoms with E-state index in [4.69, 9.17) is 10.2 Å². The van der Waals surface area contributed by atoms with Crippen LogP contribution in [0.2, 0.25) is 0 Å². The fraction of sp³-hybridized carbons (Fsp3) is 0.500. The predicted molar refractivity (Wildman–Crippen MR) is 94.1 cm³/mol. The normalized spacial score (nSPS) is 20.8. The van der Waals surface area contributed by atoms with Gasteiger partial charge in [0.15, 0.2) is 10.8 Å². The zero-order valence-electron chi connectivity index (χ0n) is 13.1. The fourth-order valence-corrected chi connectivity index (χ4v) is 3.72. The second kappa shape index (κ2) is 7.95. The molecular formula is C16H22ClN3O2S. The van der Waals surface area contributed by atoms with Gasteiger partial charge in [-0.3, -0.25) is 4.79 Å². The molecule has 0 radical (unpaired) electrons. The van der Waals surface area contributed by atoms with Crippen molar-refractivity contribution in [2.75, 3.05) is 6.54 Å². The number of rotatable bonds is 4. The number of aromatic nitrogens is 1. The van der Waals surface area contributed by atoms with Crippen LogP contribution in [-0.4, -0.2) is 23.5 Å². The van der Waals surface area contributed by atoms with Gasteiger partial charge < -0.3 is 15.5 Å². The minimum absolute atomic E-state index is 0. The lowest BCUT2D eigenvalue weighted by Crippen LogP contribution is -2.44. The lowest BCUT2D eigenvalue weighted by atomic mass is 9.84. The topological polar surface area (TPSA) is 81.2 Å². The van der Waals surface area contributed by atoms with Gasteiger partial charge in [-0.25, -0.2) is 4.98 Å². The highest BCUT2D eigenvalue weighted by molar-refractivity contribution is 7.13. The Morgan fingerprint density at radius 2 is 2.22 bits per heavy atom. The third kappa shape index (κ3) is 4.13. The van der Waals surface area contributed by atoms with E-state index in [1.54, 1.807) is 5.38 Å². The summed E-state index contributed by atoms with van der Waals surface area (Å²) < 4.78 is 5.55. The summed E-state index contributed by atoms with van der Waals surface area (Å²) in [6.45, 7) is 2.51. The fourth-order valence-electron chi connectivity index (χ4n) is 2.96. The number of furan rings is 1. The number of carbonyl (C=O) groups excluding carboxylic acids is 1. The molecule has 126 valence electrons. The largest absolute Gasteiger partial charge is 0.459 e. The predicted octanol–water partition coefficient (Wildman–Crippen LogP) is 3.38. The van der Waals surface area contributed by atoms with E-state index in [9.17, 15) is 4.79 Å². The second-order valence-corrected chi connectivity index (χ2v) is 6.67. The van der Waals surface area contributed by atoms with Gasteiger partial charge in [0, 0.05) is 11.4 Å². The van der Waals surface area contributed by atoms with Gasteiger partial charge in [0.05, 0.1) is 0 Å². The standard InChI is InChI=1S/C16H21N3O2S.ClH/c1-10-6-7-14(21-10)16-19-13(9-22-16)15(20)18-12-5-3-2-4-11(12)8-17;/h6-7,9,11-12H,2-5,8,17H2,1H3,(H,18,20);1H. The van der Waals surface area contributed by atoms with Gasteiger partial charge >= 0.3 is 0 Å². The van der Waals surface area contributed by atoms with E-state index in [1.165, 1.54) is 17.8 Å². The first kappa shape index (κ1) is 18.0. The van der Waals surface area contributed by atoms with Gasteiger partial charge in [-0.05, 0) is 44.4 Å². The van der Waals surface area contributed by atoms with Crippen molar-refractivity contribution in [1.82, 2.24) is 10.3 Å². The quantitative estimate of drug-likeness (QED) is 0.880. The van der Waals surface area contributed by atoms with Crippen LogP contribution < -0.4 is 11.1 Å². The molecule has 2 unspecified atom stereocenters. The van der Waals surface area contributed by atoms with Crippen LogP contribution in [-0.2, 0) is 0 Å². The molecular weight excluding hydrogens is 334 g/mol. The van der Waals surface area contributed by atoms with Crippen molar-refractivity contribution < 1.29 is 9.21 Å². The molecule has 3 rings (SSSR count). The second-order valence-electron chi connectivity index (χ2n) is 5.81. The number of aryl methyl sites for hydroxylation is 1. The van der Waals surface area contributed by atoms with Crippen LogP contribution in [0.5, 0.6) is 0 Å². The van der Waals surface area contributed by atoms with Crippen LogP contribution in [0.4, 0.5) is 0 Å². The first-order valence-corrected chi connectivity index (χ1v) is 8.58. The molecule has 2 heterocycles. The Hall–Kier alpha value is -1.37. The maximum absolute atomic E-state index is 12.4.